The van der Waals surface area contributed by atoms with Crippen LogP contribution in [-0.4, -0.2) is 63.6 Å². The van der Waals surface area contributed by atoms with Crippen LogP contribution in [0.25, 0.3) is 0 Å². The van der Waals surface area contributed by atoms with E-state index in [9.17, 15) is 20.1 Å². The van der Waals surface area contributed by atoms with Crippen LogP contribution in [0.4, 0.5) is 0 Å². The van der Waals surface area contributed by atoms with E-state index in [2.05, 4.69) is 5.32 Å². The van der Waals surface area contributed by atoms with E-state index in [0.29, 0.717) is 0 Å². The summed E-state index contributed by atoms with van der Waals surface area (Å²) in [6.45, 7) is 0.687. The fraction of sp³-hybridized carbons (Fsp3) is 0.778. The zero-order valence-corrected chi connectivity index (χ0v) is 12.6. The standard InChI is InChI=1S/C8H15NO6.CH3.Y/c1-3(11)9-5-7(13)6(12)4(2-10)15-8(5)14;;/h4-8,10,12-14H,2H2,1H3,(H,9,11);1H3;/q;-1;. The molecular weight excluding hydrogens is 307 g/mol. The Bertz CT molecular complexity index is 242. The number of nitrogens with one attached hydrogen (secondary N) is 1. The molecule has 0 saturated carbocycles. The zero-order chi connectivity index (χ0) is 11.6. The number of aliphatic hydroxyl groups is 4. The van der Waals surface area contributed by atoms with Crippen molar-refractivity contribution in [1.29, 1.82) is 0 Å². The summed E-state index contributed by atoms with van der Waals surface area (Å²) in [4.78, 5) is 10.7. The summed E-state index contributed by atoms with van der Waals surface area (Å²) in [6, 6.07) is -1.10. The zero-order valence-electron chi connectivity index (χ0n) is 9.78. The van der Waals surface area contributed by atoms with Gasteiger partial charge in [0.2, 0.25) is 5.91 Å². The van der Waals surface area contributed by atoms with E-state index in [-0.39, 0.29) is 40.1 Å². The number of aliphatic hydroxyl groups excluding tert-OH is 4. The summed E-state index contributed by atoms with van der Waals surface area (Å²) in [5.74, 6) is -0.462. The first-order valence-electron chi connectivity index (χ1n) is 4.55. The Morgan fingerprint density at radius 3 is 2.24 bits per heavy atom. The van der Waals surface area contributed by atoms with Crippen molar-refractivity contribution < 1.29 is 62.7 Å². The van der Waals surface area contributed by atoms with Gasteiger partial charge in [-0.1, -0.05) is 0 Å². The first-order chi connectivity index (χ1) is 6.97. The predicted molar refractivity (Wildman–Crippen MR) is 54.0 cm³/mol. The molecule has 5 unspecified atom stereocenters. The van der Waals surface area contributed by atoms with Crippen LogP contribution >= 0.6 is 0 Å². The Hall–Kier alpha value is 0.374. The Morgan fingerprint density at radius 1 is 1.29 bits per heavy atom. The van der Waals surface area contributed by atoms with Gasteiger partial charge in [0.05, 0.1) is 6.61 Å². The van der Waals surface area contributed by atoms with Gasteiger partial charge < -0.3 is 37.9 Å². The molecule has 1 radical (unpaired) electrons. The number of ether oxygens (including phenoxy) is 1. The topological polar surface area (TPSA) is 119 Å². The van der Waals surface area contributed by atoms with E-state index in [4.69, 9.17) is 9.84 Å². The molecule has 0 bridgehead atoms. The minimum Gasteiger partial charge on any atom is -0.394 e. The van der Waals surface area contributed by atoms with Crippen molar-refractivity contribution in [2.75, 3.05) is 6.61 Å². The molecule has 1 fully saturated rings. The van der Waals surface area contributed by atoms with Crippen molar-refractivity contribution in [2.24, 2.45) is 0 Å². The molecule has 7 nitrogen and oxygen atoms in total. The van der Waals surface area contributed by atoms with Crippen molar-refractivity contribution in [1.82, 2.24) is 5.32 Å². The fourth-order valence-corrected chi connectivity index (χ4v) is 1.49. The van der Waals surface area contributed by atoms with E-state index in [1.54, 1.807) is 0 Å². The number of hydrogen-bond acceptors (Lipinski definition) is 6. The van der Waals surface area contributed by atoms with Crippen LogP contribution in [0.15, 0.2) is 0 Å². The fourth-order valence-electron chi connectivity index (χ4n) is 1.49. The molecule has 1 heterocycles. The first kappa shape index (κ1) is 19.7. The van der Waals surface area contributed by atoms with Gasteiger partial charge in [-0.2, -0.15) is 0 Å². The molecule has 0 aromatic rings. The summed E-state index contributed by atoms with van der Waals surface area (Å²) in [6.07, 6.45) is -5.24. The van der Waals surface area contributed by atoms with Crippen LogP contribution in [-0.2, 0) is 42.2 Å². The van der Waals surface area contributed by atoms with Gasteiger partial charge in [-0.25, -0.2) is 0 Å². The Balaban J connectivity index is 0. The molecule has 5 atom stereocenters. The maximum absolute atomic E-state index is 10.7. The van der Waals surface area contributed by atoms with Gasteiger partial charge in [0.1, 0.15) is 24.4 Å². The first-order valence-corrected chi connectivity index (χ1v) is 4.55. The number of hydrogen-bond donors (Lipinski definition) is 5. The van der Waals surface area contributed by atoms with Gasteiger partial charge in [-0.05, 0) is 0 Å². The third-order valence-corrected chi connectivity index (χ3v) is 2.27. The van der Waals surface area contributed by atoms with Crippen LogP contribution in [0.5, 0.6) is 0 Å². The predicted octanol–water partition coefficient (Wildman–Crippen LogP) is -2.63. The Morgan fingerprint density at radius 2 is 1.82 bits per heavy atom. The second-order valence-electron chi connectivity index (χ2n) is 3.46. The molecule has 1 amide bonds. The maximum atomic E-state index is 10.7. The van der Waals surface area contributed by atoms with Crippen molar-refractivity contribution in [3.8, 4) is 0 Å². The third-order valence-electron chi connectivity index (χ3n) is 2.27. The van der Waals surface area contributed by atoms with Gasteiger partial charge in [-0.15, -0.1) is 0 Å². The normalized spacial score (nSPS) is 36.4. The molecule has 1 rings (SSSR count). The number of rotatable bonds is 2. The number of carbonyl (C=O) groups is 1. The molecule has 8 heteroatoms. The van der Waals surface area contributed by atoms with E-state index in [1.807, 2.05) is 0 Å². The summed E-state index contributed by atoms with van der Waals surface area (Å²) in [5, 5.41) is 39.4. The average Bonchev–Trinajstić information content (AvgIpc) is 2.18. The van der Waals surface area contributed by atoms with E-state index < -0.39 is 43.2 Å². The van der Waals surface area contributed by atoms with Crippen molar-refractivity contribution in [2.45, 2.75) is 37.6 Å². The molecule has 1 aliphatic rings. The summed E-state index contributed by atoms with van der Waals surface area (Å²) >= 11 is 0. The van der Waals surface area contributed by atoms with Crippen LogP contribution in [0.1, 0.15) is 6.92 Å². The van der Waals surface area contributed by atoms with E-state index in [1.165, 1.54) is 6.92 Å². The summed E-state index contributed by atoms with van der Waals surface area (Å²) < 4.78 is 4.81. The Kier molecular flexibility index (Phi) is 9.82. The minimum absolute atomic E-state index is 0. The van der Waals surface area contributed by atoms with Gasteiger partial charge in [0, 0.05) is 39.6 Å². The van der Waals surface area contributed by atoms with Gasteiger partial charge in [0.15, 0.2) is 6.29 Å². The average molecular weight is 325 g/mol. The van der Waals surface area contributed by atoms with Crippen LogP contribution < -0.4 is 5.32 Å². The molecule has 5 N–H and O–H groups in total. The molecule has 17 heavy (non-hydrogen) atoms. The Labute approximate surface area is 125 Å². The van der Waals surface area contributed by atoms with Crippen LogP contribution in [0.3, 0.4) is 0 Å². The minimum atomic E-state index is -1.45. The van der Waals surface area contributed by atoms with Gasteiger partial charge >= 0.3 is 0 Å². The van der Waals surface area contributed by atoms with Crippen molar-refractivity contribution in [3.05, 3.63) is 7.43 Å². The maximum Gasteiger partial charge on any atom is 0.217 e. The third kappa shape index (κ3) is 4.86. The molecule has 0 aromatic heterocycles. The summed E-state index contributed by atoms with van der Waals surface area (Å²) in [7, 11) is 0. The molecule has 99 valence electrons. The monoisotopic (exact) mass is 325 g/mol. The molecular formula is C9H18NO6Y-. The van der Waals surface area contributed by atoms with Gasteiger partial charge in [0.25, 0.3) is 0 Å². The number of amides is 1. The van der Waals surface area contributed by atoms with Crippen LogP contribution in [0.2, 0.25) is 0 Å². The smallest absolute Gasteiger partial charge is 0.217 e. The quantitative estimate of drug-likeness (QED) is 0.355. The van der Waals surface area contributed by atoms with E-state index in [0.717, 1.165) is 0 Å². The number of carbonyl (C=O) groups excluding carboxylic acids is 1. The largest absolute Gasteiger partial charge is 0.394 e. The summed E-state index contributed by atoms with van der Waals surface area (Å²) in [5.41, 5.74) is 0. The second-order valence-corrected chi connectivity index (χ2v) is 3.46. The van der Waals surface area contributed by atoms with Gasteiger partial charge in [-0.3, -0.25) is 4.79 Å². The van der Waals surface area contributed by atoms with Crippen molar-refractivity contribution >= 4 is 5.91 Å². The van der Waals surface area contributed by atoms with Crippen LogP contribution in [0, 0.1) is 7.43 Å². The molecule has 1 saturated heterocycles. The molecule has 0 spiro atoms. The molecule has 0 aromatic carbocycles. The van der Waals surface area contributed by atoms with E-state index >= 15 is 0 Å². The molecule has 1 aliphatic heterocycles. The second kappa shape index (κ2) is 8.47. The molecule has 0 aliphatic carbocycles. The van der Waals surface area contributed by atoms with Crippen molar-refractivity contribution in [3.63, 3.8) is 0 Å². The SMILES string of the molecule is CC(=O)NC1C(O)OC(CO)C(O)C1O.[CH3-].[Y].